The molecule has 3 aromatic rings. The average molecular weight is 386 g/mol. The van der Waals surface area contributed by atoms with Crippen LogP contribution < -0.4 is 16.4 Å². The number of aromatic nitrogens is 5. The Kier molecular flexibility index (Phi) is 5.26. The highest BCUT2D eigenvalue weighted by Crippen LogP contribution is 2.15. The van der Waals surface area contributed by atoms with Crippen LogP contribution in [0.1, 0.15) is 11.4 Å². The molecule has 0 aliphatic heterocycles. The number of hydrogen-bond donors (Lipinski definition) is 2. The Morgan fingerprint density at radius 2 is 1.89 bits per heavy atom. The normalized spacial score (nSPS) is 10.8. The number of carbonyl (C=O) groups excluding carboxylic acids is 1. The Morgan fingerprint density at radius 3 is 2.56 bits per heavy atom. The predicted molar refractivity (Wildman–Crippen MR) is 102 cm³/mol. The number of aromatic amines is 1. The minimum absolute atomic E-state index is 0.0210. The average Bonchev–Trinajstić information content (AvgIpc) is 2.87. The van der Waals surface area contributed by atoms with E-state index in [1.54, 1.807) is 25.6 Å². The summed E-state index contributed by atoms with van der Waals surface area (Å²) in [6.07, 6.45) is 0. The first-order chi connectivity index (χ1) is 12.9. The van der Waals surface area contributed by atoms with E-state index in [0.717, 1.165) is 11.8 Å². The lowest BCUT2D eigenvalue weighted by molar-refractivity contribution is -0.113. The molecule has 0 aliphatic carbocycles. The minimum atomic E-state index is -0.380. The standard InChI is InChI=1S/C17H18N6O3S/c1-10-15(25)19-17(21-20-10)27-9-13(24)18-14-11(2)22(3)23(16(14)26)12-7-5-4-6-8-12/h4-8H,9H2,1-3H3,(H,18,24)(H,19,21,25). The molecular weight excluding hydrogens is 368 g/mol. The van der Waals surface area contributed by atoms with Crippen molar-refractivity contribution in [1.82, 2.24) is 24.5 Å². The first kappa shape index (κ1) is 18.6. The van der Waals surface area contributed by atoms with Crippen LogP contribution in [0.3, 0.4) is 0 Å². The Bertz CT molecular complexity index is 1100. The van der Waals surface area contributed by atoms with Gasteiger partial charge in [-0.15, -0.1) is 10.2 Å². The quantitative estimate of drug-likeness (QED) is 0.632. The second kappa shape index (κ2) is 7.62. The van der Waals surface area contributed by atoms with Gasteiger partial charge < -0.3 is 5.32 Å². The summed E-state index contributed by atoms with van der Waals surface area (Å²) in [4.78, 5) is 39.1. The van der Waals surface area contributed by atoms with Gasteiger partial charge in [-0.2, -0.15) is 0 Å². The van der Waals surface area contributed by atoms with Crippen LogP contribution in [0.5, 0.6) is 0 Å². The third kappa shape index (κ3) is 3.85. The fourth-order valence-corrected chi connectivity index (χ4v) is 3.07. The molecule has 0 saturated heterocycles. The van der Waals surface area contributed by atoms with Crippen LogP contribution >= 0.6 is 11.8 Å². The van der Waals surface area contributed by atoms with Crippen molar-refractivity contribution in [3.8, 4) is 5.69 Å². The molecule has 0 unspecified atom stereocenters. The van der Waals surface area contributed by atoms with E-state index < -0.39 is 0 Å². The number of aryl methyl sites for hydroxylation is 1. The number of thioether (sulfide) groups is 1. The number of nitrogens with zero attached hydrogens (tertiary/aromatic N) is 4. The number of rotatable bonds is 5. The van der Waals surface area contributed by atoms with Crippen molar-refractivity contribution < 1.29 is 4.79 Å². The van der Waals surface area contributed by atoms with Gasteiger partial charge in [-0.1, -0.05) is 30.0 Å². The SMILES string of the molecule is Cc1nnc(SCC(=O)Nc2c(C)n(C)n(-c3ccccc3)c2=O)[nH]c1=O. The van der Waals surface area contributed by atoms with Crippen LogP contribution in [0.25, 0.3) is 5.69 Å². The zero-order valence-corrected chi connectivity index (χ0v) is 15.8. The summed E-state index contributed by atoms with van der Waals surface area (Å²) in [6.45, 7) is 3.30. The molecule has 3 rings (SSSR count). The fourth-order valence-electron chi connectivity index (χ4n) is 2.47. The Morgan fingerprint density at radius 1 is 1.19 bits per heavy atom. The highest BCUT2D eigenvalue weighted by molar-refractivity contribution is 7.99. The second-order valence-electron chi connectivity index (χ2n) is 5.82. The zero-order valence-electron chi connectivity index (χ0n) is 15.0. The number of benzene rings is 1. The smallest absolute Gasteiger partial charge is 0.295 e. The van der Waals surface area contributed by atoms with Gasteiger partial charge in [-0.05, 0) is 26.0 Å². The summed E-state index contributed by atoms with van der Waals surface area (Å²) < 4.78 is 3.17. The molecule has 140 valence electrons. The molecule has 9 nitrogen and oxygen atoms in total. The summed E-state index contributed by atoms with van der Waals surface area (Å²) in [7, 11) is 1.75. The predicted octanol–water partition coefficient (Wildman–Crippen LogP) is 1.00. The highest BCUT2D eigenvalue weighted by atomic mass is 32.2. The summed E-state index contributed by atoms with van der Waals surface area (Å²) in [5, 5.41) is 10.4. The topological polar surface area (TPSA) is 115 Å². The van der Waals surface area contributed by atoms with Crippen molar-refractivity contribution in [2.75, 3.05) is 11.1 Å². The largest absolute Gasteiger partial charge is 0.319 e. The lowest BCUT2D eigenvalue weighted by Crippen LogP contribution is -2.23. The van der Waals surface area contributed by atoms with Gasteiger partial charge in [0.1, 0.15) is 11.4 Å². The van der Waals surface area contributed by atoms with Crippen LogP contribution in [-0.2, 0) is 11.8 Å². The number of H-pyrrole nitrogens is 1. The van der Waals surface area contributed by atoms with Gasteiger partial charge >= 0.3 is 0 Å². The molecule has 0 spiro atoms. The first-order valence-corrected chi connectivity index (χ1v) is 9.07. The maximum atomic E-state index is 12.8. The number of nitrogens with one attached hydrogen (secondary N) is 2. The third-order valence-electron chi connectivity index (χ3n) is 4.00. The number of carbonyl (C=O) groups is 1. The monoisotopic (exact) mass is 386 g/mol. The van der Waals surface area contributed by atoms with Crippen molar-refractivity contribution in [3.05, 3.63) is 62.4 Å². The van der Waals surface area contributed by atoms with Crippen molar-refractivity contribution in [1.29, 1.82) is 0 Å². The lowest BCUT2D eigenvalue weighted by Gasteiger charge is -2.07. The number of hydrogen-bond acceptors (Lipinski definition) is 6. The van der Waals surface area contributed by atoms with E-state index in [0.29, 0.717) is 11.4 Å². The van der Waals surface area contributed by atoms with E-state index in [-0.39, 0.29) is 39.3 Å². The molecule has 0 fully saturated rings. The van der Waals surface area contributed by atoms with Crippen LogP contribution in [0.4, 0.5) is 5.69 Å². The van der Waals surface area contributed by atoms with Gasteiger partial charge in [0.2, 0.25) is 5.91 Å². The number of anilines is 1. The van der Waals surface area contributed by atoms with Gasteiger partial charge in [0.05, 0.1) is 17.1 Å². The van der Waals surface area contributed by atoms with Crippen molar-refractivity contribution in [3.63, 3.8) is 0 Å². The molecule has 0 saturated carbocycles. The molecule has 1 amide bonds. The molecule has 2 aromatic heterocycles. The van der Waals surface area contributed by atoms with Crippen LogP contribution in [0.15, 0.2) is 45.1 Å². The van der Waals surface area contributed by atoms with E-state index in [1.807, 2.05) is 30.3 Å². The second-order valence-corrected chi connectivity index (χ2v) is 6.78. The van der Waals surface area contributed by atoms with Gasteiger partial charge in [0.25, 0.3) is 11.1 Å². The molecule has 27 heavy (non-hydrogen) atoms. The third-order valence-corrected chi connectivity index (χ3v) is 4.86. The molecule has 0 aliphatic rings. The summed E-state index contributed by atoms with van der Waals surface area (Å²) in [5.74, 6) is -0.401. The Balaban J connectivity index is 1.77. The fraction of sp³-hybridized carbons (Fsp3) is 0.235. The molecule has 0 bridgehead atoms. The molecule has 0 atom stereocenters. The van der Waals surface area contributed by atoms with Gasteiger partial charge in [0.15, 0.2) is 5.16 Å². The maximum absolute atomic E-state index is 12.8. The van der Waals surface area contributed by atoms with Gasteiger partial charge in [-0.25, -0.2) is 4.68 Å². The Hall–Kier alpha value is -3.14. The first-order valence-electron chi connectivity index (χ1n) is 8.08. The summed E-state index contributed by atoms with van der Waals surface area (Å²) >= 11 is 1.03. The molecule has 1 aromatic carbocycles. The molecule has 2 N–H and O–H groups in total. The maximum Gasteiger partial charge on any atom is 0.295 e. The number of para-hydroxylation sites is 1. The van der Waals surface area contributed by atoms with E-state index in [9.17, 15) is 14.4 Å². The summed E-state index contributed by atoms with van der Waals surface area (Å²) in [5.41, 5.74) is 1.14. The van der Waals surface area contributed by atoms with E-state index in [1.165, 1.54) is 4.68 Å². The van der Waals surface area contributed by atoms with E-state index >= 15 is 0 Å². The zero-order chi connectivity index (χ0) is 19.6. The van der Waals surface area contributed by atoms with Crippen LogP contribution in [0, 0.1) is 13.8 Å². The van der Waals surface area contributed by atoms with Gasteiger partial charge in [-0.3, -0.25) is 24.0 Å². The van der Waals surface area contributed by atoms with Crippen LogP contribution in [-0.4, -0.2) is 36.2 Å². The van der Waals surface area contributed by atoms with Crippen molar-refractivity contribution >= 4 is 23.4 Å². The molecule has 2 heterocycles. The van der Waals surface area contributed by atoms with Crippen molar-refractivity contribution in [2.45, 2.75) is 19.0 Å². The molecule has 10 heteroatoms. The number of amides is 1. The summed E-state index contributed by atoms with van der Waals surface area (Å²) in [6, 6.07) is 9.16. The lowest BCUT2D eigenvalue weighted by atomic mass is 10.3. The highest BCUT2D eigenvalue weighted by Gasteiger charge is 2.18. The van der Waals surface area contributed by atoms with E-state index in [2.05, 4.69) is 20.5 Å². The van der Waals surface area contributed by atoms with Gasteiger partial charge in [0, 0.05) is 7.05 Å². The Labute approximate surface area is 158 Å². The van der Waals surface area contributed by atoms with Crippen molar-refractivity contribution in [2.24, 2.45) is 7.05 Å². The minimum Gasteiger partial charge on any atom is -0.319 e. The van der Waals surface area contributed by atoms with Crippen LogP contribution in [0.2, 0.25) is 0 Å². The molecule has 0 radical (unpaired) electrons. The molecular formula is C17H18N6O3S. The van der Waals surface area contributed by atoms with E-state index in [4.69, 9.17) is 0 Å².